The molecule has 0 aliphatic rings. The van der Waals surface area contributed by atoms with Crippen LogP contribution in [-0.2, 0) is 12.8 Å². The summed E-state index contributed by atoms with van der Waals surface area (Å²) >= 11 is 0. The van der Waals surface area contributed by atoms with E-state index in [1.165, 1.54) is 16.7 Å². The molecule has 0 saturated heterocycles. The van der Waals surface area contributed by atoms with Crippen molar-refractivity contribution >= 4 is 0 Å². The topological polar surface area (TPSA) is 0 Å². The van der Waals surface area contributed by atoms with E-state index in [2.05, 4.69) is 60.7 Å². The van der Waals surface area contributed by atoms with Crippen molar-refractivity contribution in [3.8, 4) is 0 Å². The van der Waals surface area contributed by atoms with Crippen LogP contribution in [0.3, 0.4) is 0 Å². The molecule has 116 valence electrons. The monoisotopic (exact) mass is 304 g/mol. The summed E-state index contributed by atoms with van der Waals surface area (Å²) in [6.45, 7) is 0. The second-order valence-electron chi connectivity index (χ2n) is 5.96. The van der Waals surface area contributed by atoms with Crippen LogP contribution >= 0.6 is 0 Å². The minimum absolute atomic E-state index is 0.172. The molecule has 23 heavy (non-hydrogen) atoms. The molecule has 0 bridgehead atoms. The molecule has 0 aromatic heterocycles. The molecular formula is C22H21F. The largest absolute Gasteiger partial charge is 0.207 e. The Bertz CT molecular complexity index is 702. The normalized spacial score (nSPS) is 12.0. The molecule has 1 atom stereocenters. The van der Waals surface area contributed by atoms with E-state index < -0.39 is 0 Å². The fourth-order valence-electron chi connectivity index (χ4n) is 3.00. The third-order valence-corrected chi connectivity index (χ3v) is 4.29. The molecule has 3 aromatic carbocycles. The van der Waals surface area contributed by atoms with Crippen molar-refractivity contribution in [1.29, 1.82) is 0 Å². The second-order valence-corrected chi connectivity index (χ2v) is 5.96. The van der Waals surface area contributed by atoms with Gasteiger partial charge >= 0.3 is 0 Å². The molecule has 0 radical (unpaired) electrons. The van der Waals surface area contributed by atoms with Crippen LogP contribution in [0.15, 0.2) is 84.9 Å². The predicted octanol–water partition coefficient (Wildman–Crippen LogP) is 5.78. The second kappa shape index (κ2) is 7.73. The smallest absolute Gasteiger partial charge is 0.123 e. The van der Waals surface area contributed by atoms with Gasteiger partial charge in [0.25, 0.3) is 0 Å². The number of hydrogen-bond donors (Lipinski definition) is 0. The summed E-state index contributed by atoms with van der Waals surface area (Å²) in [4.78, 5) is 0. The molecule has 1 unspecified atom stereocenters. The van der Waals surface area contributed by atoms with Gasteiger partial charge in [-0.15, -0.1) is 0 Å². The quantitative estimate of drug-likeness (QED) is 0.541. The van der Waals surface area contributed by atoms with Gasteiger partial charge in [-0.05, 0) is 54.0 Å². The molecule has 0 amide bonds. The molecule has 0 fully saturated rings. The van der Waals surface area contributed by atoms with Gasteiger partial charge < -0.3 is 0 Å². The van der Waals surface area contributed by atoms with Crippen LogP contribution < -0.4 is 0 Å². The number of aryl methyl sites for hydroxylation is 1. The molecule has 0 N–H and O–H groups in total. The Morgan fingerprint density at radius 1 is 0.652 bits per heavy atom. The van der Waals surface area contributed by atoms with Crippen molar-refractivity contribution in [2.45, 2.75) is 25.2 Å². The van der Waals surface area contributed by atoms with Gasteiger partial charge in [0.15, 0.2) is 0 Å². The standard InChI is InChI=1S/C22H21F/c23-22-15-12-19(13-16-22)17-21(20-9-5-2-6-10-20)14-11-18-7-3-1-4-8-18/h1-10,12-13,15-16,21H,11,14,17H2. The van der Waals surface area contributed by atoms with E-state index in [9.17, 15) is 4.39 Å². The number of benzene rings is 3. The van der Waals surface area contributed by atoms with Crippen LogP contribution in [0.25, 0.3) is 0 Å². The third-order valence-electron chi connectivity index (χ3n) is 4.29. The Kier molecular flexibility index (Phi) is 5.21. The Morgan fingerprint density at radius 3 is 1.91 bits per heavy atom. The highest BCUT2D eigenvalue weighted by Gasteiger charge is 2.12. The van der Waals surface area contributed by atoms with Crippen LogP contribution in [0.4, 0.5) is 4.39 Å². The lowest BCUT2D eigenvalue weighted by Crippen LogP contribution is -2.05. The lowest BCUT2D eigenvalue weighted by Gasteiger charge is -2.18. The molecule has 0 spiro atoms. The van der Waals surface area contributed by atoms with Crippen LogP contribution in [-0.4, -0.2) is 0 Å². The van der Waals surface area contributed by atoms with E-state index in [4.69, 9.17) is 0 Å². The highest BCUT2D eigenvalue weighted by atomic mass is 19.1. The van der Waals surface area contributed by atoms with Gasteiger partial charge in [0.1, 0.15) is 5.82 Å². The lowest BCUT2D eigenvalue weighted by atomic mass is 9.87. The first-order valence-corrected chi connectivity index (χ1v) is 8.14. The Balaban J connectivity index is 1.75. The summed E-state index contributed by atoms with van der Waals surface area (Å²) in [6, 6.07) is 28.1. The minimum atomic E-state index is -0.172. The highest BCUT2D eigenvalue weighted by Crippen LogP contribution is 2.26. The van der Waals surface area contributed by atoms with Gasteiger partial charge in [-0.25, -0.2) is 4.39 Å². The van der Waals surface area contributed by atoms with Gasteiger partial charge in [0.05, 0.1) is 0 Å². The number of hydrogen-bond acceptors (Lipinski definition) is 0. The lowest BCUT2D eigenvalue weighted by molar-refractivity contribution is 0.612. The molecule has 0 heterocycles. The van der Waals surface area contributed by atoms with Crippen molar-refractivity contribution in [2.75, 3.05) is 0 Å². The first kappa shape index (κ1) is 15.5. The Hall–Kier alpha value is -2.41. The molecule has 0 nitrogen and oxygen atoms in total. The van der Waals surface area contributed by atoms with Gasteiger partial charge in [-0.1, -0.05) is 72.8 Å². The molecule has 3 aromatic rings. The van der Waals surface area contributed by atoms with Crippen LogP contribution in [0.1, 0.15) is 29.0 Å². The highest BCUT2D eigenvalue weighted by molar-refractivity contribution is 5.25. The van der Waals surface area contributed by atoms with Gasteiger partial charge in [0, 0.05) is 0 Å². The van der Waals surface area contributed by atoms with Crippen molar-refractivity contribution < 1.29 is 4.39 Å². The number of halogens is 1. The van der Waals surface area contributed by atoms with Gasteiger partial charge in [0.2, 0.25) is 0 Å². The predicted molar refractivity (Wildman–Crippen MR) is 94.1 cm³/mol. The molecule has 0 aliphatic heterocycles. The van der Waals surface area contributed by atoms with E-state index >= 15 is 0 Å². The van der Waals surface area contributed by atoms with Crippen LogP contribution in [0.2, 0.25) is 0 Å². The molecular weight excluding hydrogens is 283 g/mol. The zero-order valence-electron chi connectivity index (χ0n) is 13.2. The van der Waals surface area contributed by atoms with Gasteiger partial charge in [-0.3, -0.25) is 0 Å². The summed E-state index contributed by atoms with van der Waals surface area (Å²) in [5.41, 5.74) is 3.91. The summed E-state index contributed by atoms with van der Waals surface area (Å²) in [7, 11) is 0. The molecule has 0 saturated carbocycles. The number of rotatable bonds is 6. The first-order chi connectivity index (χ1) is 11.3. The summed E-state index contributed by atoms with van der Waals surface area (Å²) in [5.74, 6) is 0.274. The first-order valence-electron chi connectivity index (χ1n) is 8.14. The van der Waals surface area contributed by atoms with E-state index in [1.54, 1.807) is 12.1 Å². The van der Waals surface area contributed by atoms with E-state index in [-0.39, 0.29) is 5.82 Å². The van der Waals surface area contributed by atoms with Gasteiger partial charge in [-0.2, -0.15) is 0 Å². The van der Waals surface area contributed by atoms with Crippen LogP contribution in [0, 0.1) is 5.82 Å². The SMILES string of the molecule is Fc1ccc(CC(CCc2ccccc2)c2ccccc2)cc1. The molecule has 1 heteroatoms. The molecule has 3 rings (SSSR count). The van der Waals surface area contributed by atoms with E-state index in [0.29, 0.717) is 5.92 Å². The van der Waals surface area contributed by atoms with Crippen molar-refractivity contribution in [1.82, 2.24) is 0 Å². The minimum Gasteiger partial charge on any atom is -0.207 e. The maximum atomic E-state index is 13.1. The zero-order chi connectivity index (χ0) is 15.9. The van der Waals surface area contributed by atoms with Crippen molar-refractivity contribution in [3.63, 3.8) is 0 Å². The molecule has 0 aliphatic carbocycles. The fraction of sp³-hybridized carbons (Fsp3) is 0.182. The Morgan fingerprint density at radius 2 is 1.26 bits per heavy atom. The third kappa shape index (κ3) is 4.53. The average Bonchev–Trinajstić information content (AvgIpc) is 2.62. The maximum absolute atomic E-state index is 13.1. The summed E-state index contributed by atoms with van der Waals surface area (Å²) in [5, 5.41) is 0. The Labute approximate surface area is 137 Å². The van der Waals surface area contributed by atoms with Crippen LogP contribution in [0.5, 0.6) is 0 Å². The van der Waals surface area contributed by atoms with Crippen molar-refractivity contribution in [2.24, 2.45) is 0 Å². The summed E-state index contributed by atoms with van der Waals surface area (Å²) in [6.07, 6.45) is 3.09. The average molecular weight is 304 g/mol. The van der Waals surface area contributed by atoms with E-state index in [0.717, 1.165) is 19.3 Å². The fourth-order valence-corrected chi connectivity index (χ4v) is 3.00. The van der Waals surface area contributed by atoms with Crippen molar-refractivity contribution in [3.05, 3.63) is 107 Å². The maximum Gasteiger partial charge on any atom is 0.123 e. The summed E-state index contributed by atoms with van der Waals surface area (Å²) < 4.78 is 13.1. The van der Waals surface area contributed by atoms with E-state index in [1.807, 2.05) is 12.1 Å². The zero-order valence-corrected chi connectivity index (χ0v) is 13.2.